The fourth-order valence-electron chi connectivity index (χ4n) is 1.35. The topological polar surface area (TPSA) is 26.3 Å². The number of carbonyl (C=O) groups is 1. The van der Waals surface area contributed by atoms with Crippen LogP contribution in [0.4, 0.5) is 61.5 Å². The van der Waals surface area contributed by atoms with Crippen LogP contribution in [0.15, 0.2) is 12.7 Å². The Labute approximate surface area is 139 Å². The van der Waals surface area contributed by atoms with Crippen LogP contribution in [-0.2, 0) is 9.53 Å². The first-order chi connectivity index (χ1) is 11.6. The van der Waals surface area contributed by atoms with Crippen molar-refractivity contribution in [2.75, 3.05) is 0 Å². The van der Waals surface area contributed by atoms with Crippen molar-refractivity contribution >= 4 is 5.97 Å². The average molecular weight is 436 g/mol. The van der Waals surface area contributed by atoms with Gasteiger partial charge in [0.15, 0.2) is 6.17 Å². The number of alkyl halides is 14. The molecule has 0 saturated heterocycles. The van der Waals surface area contributed by atoms with Crippen molar-refractivity contribution < 1.29 is 71.0 Å². The molecular weight excluding hydrogens is 430 g/mol. The molecule has 0 aliphatic rings. The lowest BCUT2D eigenvalue weighted by molar-refractivity contribution is -0.441. The number of esters is 1. The normalized spacial score (nSPS) is 16.1. The number of hydrogen-bond donors (Lipinski definition) is 0. The number of halogens is 14. The second kappa shape index (κ2) is 7.00. The van der Waals surface area contributed by atoms with Crippen molar-refractivity contribution in [2.45, 2.75) is 48.6 Å². The van der Waals surface area contributed by atoms with Crippen molar-refractivity contribution in [1.29, 1.82) is 0 Å². The molecule has 0 saturated carbocycles. The molecule has 1 atom stereocenters. The molecule has 0 radical (unpaired) electrons. The van der Waals surface area contributed by atoms with Gasteiger partial charge < -0.3 is 4.74 Å². The van der Waals surface area contributed by atoms with Gasteiger partial charge in [0, 0.05) is 6.08 Å². The third-order valence-electron chi connectivity index (χ3n) is 2.77. The van der Waals surface area contributed by atoms with E-state index in [0.29, 0.717) is 0 Å². The standard InChI is InChI=1S/C11H6F14O2/c1-2-5(26)27-11(24,25)10(22,23)9(20,21)8(18,19)7(16,17)4(12)3-6(13,14)15/h2,4H,1,3H2. The van der Waals surface area contributed by atoms with Gasteiger partial charge in [0.05, 0.1) is 6.42 Å². The van der Waals surface area contributed by atoms with Crippen LogP contribution in [0.5, 0.6) is 0 Å². The van der Waals surface area contributed by atoms with E-state index >= 15 is 0 Å². The molecule has 0 aromatic heterocycles. The summed E-state index contributed by atoms with van der Waals surface area (Å²) < 4.78 is 182. The van der Waals surface area contributed by atoms with Gasteiger partial charge in [-0.2, -0.15) is 57.1 Å². The van der Waals surface area contributed by atoms with Gasteiger partial charge >= 0.3 is 41.9 Å². The Kier molecular flexibility index (Phi) is 6.54. The van der Waals surface area contributed by atoms with Gasteiger partial charge in [0.25, 0.3) is 0 Å². The molecule has 0 aliphatic carbocycles. The molecule has 0 fully saturated rings. The lowest BCUT2D eigenvalue weighted by Crippen LogP contribution is -2.69. The molecule has 27 heavy (non-hydrogen) atoms. The fourth-order valence-corrected chi connectivity index (χ4v) is 1.35. The molecule has 0 heterocycles. The number of carbonyl (C=O) groups excluding carboxylic acids is 1. The second-order valence-electron chi connectivity index (χ2n) is 4.77. The van der Waals surface area contributed by atoms with Crippen molar-refractivity contribution in [3.8, 4) is 0 Å². The van der Waals surface area contributed by atoms with E-state index in [1.807, 2.05) is 0 Å². The molecule has 0 aromatic rings. The lowest BCUT2D eigenvalue weighted by atomic mass is 9.93. The zero-order valence-corrected chi connectivity index (χ0v) is 12.2. The zero-order valence-electron chi connectivity index (χ0n) is 12.2. The van der Waals surface area contributed by atoms with Crippen molar-refractivity contribution in [2.24, 2.45) is 0 Å². The second-order valence-corrected chi connectivity index (χ2v) is 4.77. The van der Waals surface area contributed by atoms with Crippen LogP contribution >= 0.6 is 0 Å². The SMILES string of the molecule is C=CC(=O)OC(F)(F)C(F)(F)C(F)(F)C(F)(F)C(F)(F)C(F)CC(F)(F)F. The first kappa shape index (κ1) is 25.2. The minimum absolute atomic E-state index is 0.324. The Bertz CT molecular complexity index is 564. The number of rotatable bonds is 8. The van der Waals surface area contributed by atoms with Crippen LogP contribution in [0.3, 0.4) is 0 Å². The van der Waals surface area contributed by atoms with E-state index < -0.39 is 54.5 Å². The average Bonchev–Trinajstić information content (AvgIpc) is 2.43. The third kappa shape index (κ3) is 4.39. The van der Waals surface area contributed by atoms with Crippen molar-refractivity contribution in [1.82, 2.24) is 0 Å². The van der Waals surface area contributed by atoms with E-state index in [2.05, 4.69) is 11.3 Å². The van der Waals surface area contributed by atoms with E-state index in [1.165, 1.54) is 0 Å². The van der Waals surface area contributed by atoms with Crippen LogP contribution in [0.25, 0.3) is 0 Å². The summed E-state index contributed by atoms with van der Waals surface area (Å²) in [6.45, 7) is 2.37. The molecule has 0 aliphatic heterocycles. The number of hydrogen-bond acceptors (Lipinski definition) is 2. The third-order valence-corrected chi connectivity index (χ3v) is 2.77. The highest BCUT2D eigenvalue weighted by Gasteiger charge is 2.89. The van der Waals surface area contributed by atoms with Crippen LogP contribution < -0.4 is 0 Å². The summed E-state index contributed by atoms with van der Waals surface area (Å²) in [5, 5.41) is 0. The van der Waals surface area contributed by atoms with E-state index in [-0.39, 0.29) is 6.08 Å². The first-order valence-corrected chi connectivity index (χ1v) is 6.03. The summed E-state index contributed by atoms with van der Waals surface area (Å²) in [6, 6.07) is 0. The molecule has 160 valence electrons. The highest BCUT2D eigenvalue weighted by molar-refractivity contribution is 5.81. The Hall–Kier alpha value is -1.77. The number of ether oxygens (including phenoxy) is 1. The van der Waals surface area contributed by atoms with Gasteiger partial charge in [-0.25, -0.2) is 9.18 Å². The maximum Gasteiger partial charge on any atom is 0.473 e. The maximum absolute atomic E-state index is 13.2. The minimum atomic E-state index is -7.88. The molecule has 0 rings (SSSR count). The highest BCUT2D eigenvalue weighted by atomic mass is 19.4. The van der Waals surface area contributed by atoms with Gasteiger partial charge in [-0.3, -0.25) is 0 Å². The van der Waals surface area contributed by atoms with E-state index in [9.17, 15) is 66.3 Å². The van der Waals surface area contributed by atoms with E-state index in [4.69, 9.17) is 0 Å². The molecule has 0 amide bonds. The molecule has 1 unspecified atom stereocenters. The van der Waals surface area contributed by atoms with Crippen molar-refractivity contribution in [3.05, 3.63) is 12.7 Å². The lowest BCUT2D eigenvalue weighted by Gasteiger charge is -2.39. The Morgan fingerprint density at radius 3 is 1.56 bits per heavy atom. The summed E-state index contributed by atoms with van der Waals surface area (Å²) in [5.41, 5.74) is 0. The summed E-state index contributed by atoms with van der Waals surface area (Å²) >= 11 is 0. The fraction of sp³-hybridized carbons (Fsp3) is 0.727. The molecule has 0 bridgehead atoms. The monoisotopic (exact) mass is 436 g/mol. The summed E-state index contributed by atoms with van der Waals surface area (Å²) in [4.78, 5) is 10.4. The van der Waals surface area contributed by atoms with Gasteiger partial charge in [-0.15, -0.1) is 0 Å². The zero-order chi connectivity index (χ0) is 22.3. The molecular formula is C11H6F14O2. The van der Waals surface area contributed by atoms with Gasteiger partial charge in [-0.05, 0) is 0 Å². The first-order valence-electron chi connectivity index (χ1n) is 6.03. The van der Waals surface area contributed by atoms with Crippen LogP contribution in [-0.4, -0.2) is 48.1 Å². The summed E-state index contributed by atoms with van der Waals surface area (Å²) in [7, 11) is 0. The van der Waals surface area contributed by atoms with Crippen LogP contribution in [0.1, 0.15) is 6.42 Å². The predicted octanol–water partition coefficient (Wildman–Crippen LogP) is 5.14. The van der Waals surface area contributed by atoms with Gasteiger partial charge in [-0.1, -0.05) is 6.58 Å². The molecule has 0 aromatic carbocycles. The largest absolute Gasteiger partial charge is 0.473 e. The summed E-state index contributed by atoms with van der Waals surface area (Å²) in [5.74, 6) is -33.0. The predicted molar refractivity (Wildman–Crippen MR) is 56.6 cm³/mol. The summed E-state index contributed by atoms with van der Waals surface area (Å²) in [6.07, 6.45) is -21.9. The smallest absolute Gasteiger partial charge is 0.393 e. The van der Waals surface area contributed by atoms with Gasteiger partial charge in [0.1, 0.15) is 0 Å². The van der Waals surface area contributed by atoms with Gasteiger partial charge in [0.2, 0.25) is 0 Å². The van der Waals surface area contributed by atoms with E-state index in [1.54, 1.807) is 0 Å². The Balaban J connectivity index is 6.13. The van der Waals surface area contributed by atoms with Crippen molar-refractivity contribution in [3.63, 3.8) is 0 Å². The van der Waals surface area contributed by atoms with E-state index in [0.717, 1.165) is 0 Å². The quantitative estimate of drug-likeness (QED) is 0.299. The minimum Gasteiger partial charge on any atom is -0.393 e. The Morgan fingerprint density at radius 2 is 1.22 bits per heavy atom. The Morgan fingerprint density at radius 1 is 0.815 bits per heavy atom. The highest BCUT2D eigenvalue weighted by Crippen LogP contribution is 2.58. The van der Waals surface area contributed by atoms with Crippen LogP contribution in [0, 0.1) is 0 Å². The molecule has 16 heteroatoms. The molecule has 0 N–H and O–H groups in total. The molecule has 0 spiro atoms. The molecule has 2 nitrogen and oxygen atoms in total. The van der Waals surface area contributed by atoms with Crippen LogP contribution in [0.2, 0.25) is 0 Å². The maximum atomic E-state index is 13.2.